The van der Waals surface area contributed by atoms with E-state index in [4.69, 9.17) is 0 Å². The molecule has 0 spiro atoms. The minimum absolute atomic E-state index is 0.440. The van der Waals surface area contributed by atoms with Crippen LogP contribution in [0.3, 0.4) is 0 Å². The Kier molecular flexibility index (Phi) is 4.94. The highest BCUT2D eigenvalue weighted by Crippen LogP contribution is 2.20. The van der Waals surface area contributed by atoms with Gasteiger partial charge in [-0.05, 0) is 35.2 Å². The lowest BCUT2D eigenvalue weighted by Gasteiger charge is -2.18. The van der Waals surface area contributed by atoms with Crippen molar-refractivity contribution in [2.75, 3.05) is 6.54 Å². The first-order chi connectivity index (χ1) is 9.24. The van der Waals surface area contributed by atoms with E-state index >= 15 is 0 Å². The summed E-state index contributed by atoms with van der Waals surface area (Å²) in [6.45, 7) is 4.96. The summed E-state index contributed by atoms with van der Waals surface area (Å²) in [5, 5.41) is 16.1. The Morgan fingerprint density at radius 1 is 1.00 bits per heavy atom. The van der Waals surface area contributed by atoms with Gasteiger partial charge in [-0.25, -0.2) is 0 Å². The highest BCUT2D eigenvalue weighted by molar-refractivity contribution is 5.83. The molecular formula is C17H23NO. The van der Waals surface area contributed by atoms with Crippen molar-refractivity contribution in [1.29, 1.82) is 0 Å². The molecule has 0 aliphatic heterocycles. The highest BCUT2D eigenvalue weighted by Gasteiger charge is 2.10. The van der Waals surface area contributed by atoms with Gasteiger partial charge in [0.2, 0.25) is 0 Å². The number of nitrogens with one attached hydrogen (secondary N) is 1. The van der Waals surface area contributed by atoms with Gasteiger partial charge in [-0.2, -0.15) is 0 Å². The van der Waals surface area contributed by atoms with Crippen LogP contribution in [-0.2, 0) is 0 Å². The van der Waals surface area contributed by atoms with Gasteiger partial charge < -0.3 is 10.4 Å². The maximum atomic E-state index is 10.3. The predicted molar refractivity (Wildman–Crippen MR) is 81.3 cm³/mol. The molecule has 0 saturated carbocycles. The predicted octanol–water partition coefficient (Wildman–Crippen LogP) is 3.65. The molecule has 2 nitrogen and oxygen atoms in total. The van der Waals surface area contributed by atoms with Crippen LogP contribution in [0.15, 0.2) is 42.5 Å². The van der Waals surface area contributed by atoms with E-state index in [0.717, 1.165) is 18.4 Å². The smallest absolute Gasteiger partial charge is 0.0914 e. The molecule has 2 heteroatoms. The third kappa shape index (κ3) is 3.55. The Morgan fingerprint density at radius 3 is 2.37 bits per heavy atom. The van der Waals surface area contributed by atoms with Crippen LogP contribution in [0.25, 0.3) is 10.8 Å². The van der Waals surface area contributed by atoms with Crippen molar-refractivity contribution in [2.45, 2.75) is 38.8 Å². The second-order valence-electron chi connectivity index (χ2n) is 5.04. The summed E-state index contributed by atoms with van der Waals surface area (Å²) in [7, 11) is 0. The molecule has 0 amide bonds. The fraction of sp³-hybridized carbons (Fsp3) is 0.412. The minimum atomic E-state index is -0.440. The molecule has 2 aromatic carbocycles. The van der Waals surface area contributed by atoms with E-state index < -0.39 is 6.10 Å². The fourth-order valence-corrected chi connectivity index (χ4v) is 2.39. The first-order valence-electron chi connectivity index (χ1n) is 7.14. The van der Waals surface area contributed by atoms with Gasteiger partial charge in [0.05, 0.1) is 6.10 Å². The molecule has 2 rings (SSSR count). The summed E-state index contributed by atoms with van der Waals surface area (Å²) in [4.78, 5) is 0. The summed E-state index contributed by atoms with van der Waals surface area (Å²) in [5.74, 6) is 0. The highest BCUT2D eigenvalue weighted by atomic mass is 16.3. The lowest BCUT2D eigenvalue weighted by molar-refractivity contribution is 0.169. The van der Waals surface area contributed by atoms with Gasteiger partial charge in [-0.1, -0.05) is 50.2 Å². The van der Waals surface area contributed by atoms with Crippen LogP contribution < -0.4 is 5.32 Å². The molecule has 0 fully saturated rings. The molecule has 0 heterocycles. The van der Waals surface area contributed by atoms with Crippen LogP contribution in [0, 0.1) is 0 Å². The number of benzene rings is 2. The quantitative estimate of drug-likeness (QED) is 0.828. The van der Waals surface area contributed by atoms with Gasteiger partial charge in [-0.3, -0.25) is 0 Å². The van der Waals surface area contributed by atoms with Crippen LogP contribution >= 0.6 is 0 Å². The van der Waals surface area contributed by atoms with E-state index in [-0.39, 0.29) is 0 Å². The number of aliphatic hydroxyl groups is 1. The topological polar surface area (TPSA) is 32.3 Å². The second kappa shape index (κ2) is 6.69. The Morgan fingerprint density at radius 2 is 1.68 bits per heavy atom. The van der Waals surface area contributed by atoms with E-state index in [2.05, 4.69) is 43.4 Å². The lowest BCUT2D eigenvalue weighted by atomic mass is 10.0. The van der Waals surface area contributed by atoms with Crippen LogP contribution in [0.1, 0.15) is 38.4 Å². The number of hydrogen-bond acceptors (Lipinski definition) is 2. The van der Waals surface area contributed by atoms with Crippen LogP contribution in [0.2, 0.25) is 0 Å². The van der Waals surface area contributed by atoms with Crippen molar-refractivity contribution < 1.29 is 5.11 Å². The Labute approximate surface area is 115 Å². The zero-order valence-electron chi connectivity index (χ0n) is 11.8. The molecule has 2 N–H and O–H groups in total. The van der Waals surface area contributed by atoms with Gasteiger partial charge in [0.1, 0.15) is 0 Å². The van der Waals surface area contributed by atoms with Crippen LogP contribution in [0.5, 0.6) is 0 Å². The first kappa shape index (κ1) is 14.0. The van der Waals surface area contributed by atoms with Crippen molar-refractivity contribution in [3.8, 4) is 0 Å². The molecule has 102 valence electrons. The lowest BCUT2D eigenvalue weighted by Crippen LogP contribution is -2.31. The van der Waals surface area contributed by atoms with Crippen molar-refractivity contribution in [1.82, 2.24) is 5.32 Å². The summed E-state index contributed by atoms with van der Waals surface area (Å²) < 4.78 is 0. The average Bonchev–Trinajstić information content (AvgIpc) is 2.47. The van der Waals surface area contributed by atoms with E-state index in [9.17, 15) is 5.11 Å². The molecule has 0 bridgehead atoms. The zero-order chi connectivity index (χ0) is 13.7. The molecule has 1 atom stereocenters. The van der Waals surface area contributed by atoms with Crippen molar-refractivity contribution >= 4 is 10.8 Å². The molecule has 0 unspecified atom stereocenters. The van der Waals surface area contributed by atoms with Crippen molar-refractivity contribution in [3.63, 3.8) is 0 Å². The molecule has 19 heavy (non-hydrogen) atoms. The maximum absolute atomic E-state index is 10.3. The number of hydrogen-bond donors (Lipinski definition) is 2. The molecule has 0 saturated heterocycles. The van der Waals surface area contributed by atoms with Gasteiger partial charge in [0.25, 0.3) is 0 Å². The second-order valence-corrected chi connectivity index (χ2v) is 5.04. The number of rotatable bonds is 6. The van der Waals surface area contributed by atoms with E-state index in [1.54, 1.807) is 0 Å². The molecule has 0 radical (unpaired) electrons. The third-order valence-electron chi connectivity index (χ3n) is 3.74. The monoisotopic (exact) mass is 257 g/mol. The first-order valence-corrected chi connectivity index (χ1v) is 7.14. The molecule has 0 aliphatic carbocycles. The Bertz CT molecular complexity index is 519. The van der Waals surface area contributed by atoms with E-state index in [0.29, 0.717) is 12.6 Å². The molecule has 0 aromatic heterocycles. The maximum Gasteiger partial charge on any atom is 0.0914 e. The van der Waals surface area contributed by atoms with Gasteiger partial charge >= 0.3 is 0 Å². The third-order valence-corrected chi connectivity index (χ3v) is 3.74. The minimum Gasteiger partial charge on any atom is -0.387 e. The fourth-order valence-electron chi connectivity index (χ4n) is 2.39. The normalized spacial score (nSPS) is 13.1. The van der Waals surface area contributed by atoms with Crippen LogP contribution in [0.4, 0.5) is 0 Å². The van der Waals surface area contributed by atoms with Crippen molar-refractivity contribution in [3.05, 3.63) is 48.0 Å². The Hall–Kier alpha value is -1.38. The molecular weight excluding hydrogens is 234 g/mol. The standard InChI is InChI=1S/C17H23NO/c1-3-16(4-2)18-12-17(19)15-10-9-13-7-5-6-8-14(13)11-15/h5-11,16-19H,3-4,12H2,1-2H3/t17-/m1/s1. The summed E-state index contributed by atoms with van der Waals surface area (Å²) in [6, 6.07) is 14.9. The van der Waals surface area contributed by atoms with E-state index in [1.165, 1.54) is 10.8 Å². The van der Waals surface area contributed by atoms with Crippen LogP contribution in [-0.4, -0.2) is 17.7 Å². The zero-order valence-corrected chi connectivity index (χ0v) is 11.8. The van der Waals surface area contributed by atoms with Gasteiger partial charge in [-0.15, -0.1) is 0 Å². The summed E-state index contributed by atoms with van der Waals surface area (Å²) >= 11 is 0. The molecule has 0 aliphatic rings. The molecule has 2 aromatic rings. The van der Waals surface area contributed by atoms with Gasteiger partial charge in [0, 0.05) is 12.6 Å². The number of aliphatic hydroxyl groups excluding tert-OH is 1. The SMILES string of the molecule is CCC(CC)NC[C@@H](O)c1ccc2ccccc2c1. The van der Waals surface area contributed by atoms with Gasteiger partial charge in [0.15, 0.2) is 0 Å². The largest absolute Gasteiger partial charge is 0.387 e. The van der Waals surface area contributed by atoms with Crippen molar-refractivity contribution in [2.24, 2.45) is 0 Å². The van der Waals surface area contributed by atoms with E-state index in [1.807, 2.05) is 18.2 Å². The Balaban J connectivity index is 2.06. The average molecular weight is 257 g/mol. The summed E-state index contributed by atoms with van der Waals surface area (Å²) in [5.41, 5.74) is 0.983. The summed E-state index contributed by atoms with van der Waals surface area (Å²) in [6.07, 6.45) is 1.76. The number of fused-ring (bicyclic) bond motifs is 1.